The number of carbonyl (C=O) groups is 2. The molecule has 2 heterocycles. The van der Waals surface area contributed by atoms with Crippen LogP contribution in [0.4, 0.5) is 0 Å². The van der Waals surface area contributed by atoms with Gasteiger partial charge in [-0.3, -0.25) is 29.9 Å². The molecule has 0 radical (unpaired) electrons. The number of nitrogens with one attached hydrogen (secondary N) is 4. The van der Waals surface area contributed by atoms with Gasteiger partial charge in [-0.2, -0.15) is 9.82 Å². The summed E-state index contributed by atoms with van der Waals surface area (Å²) in [5, 5.41) is 24.0. The first-order chi connectivity index (χ1) is 20.8. The first-order valence-corrected chi connectivity index (χ1v) is 15.4. The van der Waals surface area contributed by atoms with Gasteiger partial charge < -0.3 is 10.4 Å². The average Bonchev–Trinajstić information content (AvgIpc) is 3.44. The Kier molecular flexibility index (Phi) is 9.57. The largest absolute Gasteiger partial charge is 0.480 e. The molecule has 5 N–H and O–H groups in total. The van der Waals surface area contributed by atoms with Crippen LogP contribution >= 0.6 is 0 Å². The summed E-state index contributed by atoms with van der Waals surface area (Å²) in [6.45, 7) is 1.88. The van der Waals surface area contributed by atoms with E-state index < -0.39 is 34.5 Å². The number of hydrogen-bond donors (Lipinski definition) is 5. The molecule has 2 unspecified atom stereocenters. The van der Waals surface area contributed by atoms with E-state index in [1.54, 1.807) is 36.5 Å². The molecule has 4 aromatic rings. The van der Waals surface area contributed by atoms with E-state index in [-0.39, 0.29) is 11.2 Å². The third-order valence-corrected chi connectivity index (χ3v) is 8.48. The lowest BCUT2D eigenvalue weighted by Crippen LogP contribution is -2.48. The monoisotopic (exact) mass is 603 g/mol. The molecule has 0 saturated carbocycles. The van der Waals surface area contributed by atoms with Crippen LogP contribution in [0, 0.1) is 0 Å². The van der Waals surface area contributed by atoms with Crippen molar-refractivity contribution in [3.05, 3.63) is 84.6 Å². The summed E-state index contributed by atoms with van der Waals surface area (Å²) in [6.07, 6.45) is 5.28. The maximum Gasteiger partial charge on any atom is 0.323 e. The van der Waals surface area contributed by atoms with Gasteiger partial charge in [0.15, 0.2) is 6.29 Å². The van der Waals surface area contributed by atoms with Gasteiger partial charge >= 0.3 is 5.97 Å². The summed E-state index contributed by atoms with van der Waals surface area (Å²) in [6, 6.07) is 19.1. The number of amides is 1. The fraction of sp³-hybridized carbons (Fsp3) is 0.267. The number of benzene rings is 3. The number of aliphatic imine (C=N–C) groups is 1. The van der Waals surface area contributed by atoms with Crippen LogP contribution in [-0.2, 0) is 21.4 Å². The van der Waals surface area contributed by atoms with Crippen molar-refractivity contribution < 1.29 is 23.1 Å². The fourth-order valence-corrected chi connectivity index (χ4v) is 5.89. The number of aliphatic carboxylic acids is 1. The lowest BCUT2D eigenvalue weighted by atomic mass is 10.1. The third-order valence-electron chi connectivity index (χ3n) is 6.99. The lowest BCUT2D eigenvalue weighted by Gasteiger charge is -2.18. The van der Waals surface area contributed by atoms with E-state index in [1.807, 2.05) is 41.2 Å². The van der Waals surface area contributed by atoms with Crippen LogP contribution in [-0.4, -0.2) is 73.4 Å². The van der Waals surface area contributed by atoms with Crippen LogP contribution in [0.15, 0.2) is 88.9 Å². The molecule has 43 heavy (non-hydrogen) atoms. The quantitative estimate of drug-likeness (QED) is 0.145. The first-order valence-electron chi connectivity index (χ1n) is 13.9. The van der Waals surface area contributed by atoms with Gasteiger partial charge in [-0.25, -0.2) is 8.42 Å². The highest BCUT2D eigenvalue weighted by atomic mass is 32.2. The first kappa shape index (κ1) is 30.0. The molecule has 1 aliphatic rings. The fourth-order valence-electron chi connectivity index (χ4n) is 4.70. The molecule has 0 aliphatic carbocycles. The van der Waals surface area contributed by atoms with Gasteiger partial charge in [0.05, 0.1) is 16.6 Å². The second-order valence-corrected chi connectivity index (χ2v) is 11.8. The van der Waals surface area contributed by atoms with Crippen LogP contribution in [0.25, 0.3) is 22.0 Å². The van der Waals surface area contributed by atoms with Gasteiger partial charge in [-0.15, -0.1) is 0 Å². The van der Waals surface area contributed by atoms with Gasteiger partial charge in [-0.05, 0) is 54.3 Å². The molecule has 5 rings (SSSR count). The molecule has 0 spiro atoms. The highest BCUT2D eigenvalue weighted by Crippen LogP contribution is 2.21. The van der Waals surface area contributed by atoms with Crippen LogP contribution in [0.1, 0.15) is 23.2 Å². The number of carboxylic acids is 1. The highest BCUT2D eigenvalue weighted by Gasteiger charge is 2.26. The molecule has 3 aromatic carbocycles. The second-order valence-electron chi connectivity index (χ2n) is 10.0. The average molecular weight is 604 g/mol. The molecule has 0 saturated heterocycles. The Labute approximate surface area is 249 Å². The molecule has 1 amide bonds. The van der Waals surface area contributed by atoms with Crippen molar-refractivity contribution in [3.8, 4) is 11.1 Å². The Hall–Kier alpha value is -4.43. The summed E-state index contributed by atoms with van der Waals surface area (Å²) in [5.74, 6) is -1.95. The molecule has 0 bridgehead atoms. The van der Waals surface area contributed by atoms with Crippen LogP contribution in [0.2, 0.25) is 0 Å². The Bertz CT molecular complexity index is 1710. The number of hydrogen-bond acceptors (Lipinski definition) is 8. The summed E-state index contributed by atoms with van der Waals surface area (Å²) in [4.78, 5) is 29.0. The molecular formula is C30H33N7O5S. The molecule has 13 heteroatoms. The minimum Gasteiger partial charge on any atom is -0.480 e. The van der Waals surface area contributed by atoms with Crippen molar-refractivity contribution >= 4 is 39.0 Å². The van der Waals surface area contributed by atoms with Crippen molar-refractivity contribution in [3.63, 3.8) is 0 Å². The number of aryl methyl sites for hydroxylation is 1. The molecule has 2 atom stereocenters. The van der Waals surface area contributed by atoms with Gasteiger partial charge in [0.2, 0.25) is 10.0 Å². The van der Waals surface area contributed by atoms with Crippen molar-refractivity contribution in [2.24, 2.45) is 4.99 Å². The van der Waals surface area contributed by atoms with E-state index in [0.29, 0.717) is 12.1 Å². The number of rotatable bonds is 13. The third kappa shape index (κ3) is 7.70. The maximum absolute atomic E-state index is 12.9. The minimum atomic E-state index is -4.17. The molecular weight excluding hydrogens is 570 g/mol. The SMILES string of the molecule is O=C(NCC(NS(=O)(=O)c1ccc(-c2ccccc2)cc1)C(=O)O)c1ccc2c(cnn2CCCNC2N=CCCN2)c1. The van der Waals surface area contributed by atoms with Crippen molar-refractivity contribution in [2.75, 3.05) is 19.6 Å². The number of fused-ring (bicyclic) bond motifs is 1. The van der Waals surface area contributed by atoms with E-state index in [2.05, 4.69) is 30.8 Å². The lowest BCUT2D eigenvalue weighted by molar-refractivity contribution is -0.138. The smallest absolute Gasteiger partial charge is 0.323 e. The Morgan fingerprint density at radius 1 is 1.05 bits per heavy atom. The van der Waals surface area contributed by atoms with Crippen molar-refractivity contribution in [1.82, 2.24) is 30.5 Å². The van der Waals surface area contributed by atoms with Crippen molar-refractivity contribution in [1.29, 1.82) is 0 Å². The minimum absolute atomic E-state index is 0.0632. The van der Waals surface area contributed by atoms with Gasteiger partial charge in [0.1, 0.15) is 6.04 Å². The van der Waals surface area contributed by atoms with E-state index in [1.165, 1.54) is 12.1 Å². The number of nitrogens with zero attached hydrogens (tertiary/aromatic N) is 3. The second kappa shape index (κ2) is 13.7. The van der Waals surface area contributed by atoms with Gasteiger partial charge in [0.25, 0.3) is 5.91 Å². The van der Waals surface area contributed by atoms with Crippen LogP contribution in [0.5, 0.6) is 0 Å². The van der Waals surface area contributed by atoms with Crippen molar-refractivity contribution in [2.45, 2.75) is 36.6 Å². The van der Waals surface area contributed by atoms with E-state index in [0.717, 1.165) is 48.0 Å². The normalized spacial score (nSPS) is 15.8. The number of aromatic nitrogens is 2. The molecule has 0 fully saturated rings. The molecule has 12 nitrogen and oxygen atoms in total. The van der Waals surface area contributed by atoms with Crippen LogP contribution in [0.3, 0.4) is 0 Å². The van der Waals surface area contributed by atoms with Crippen LogP contribution < -0.4 is 20.7 Å². The van der Waals surface area contributed by atoms with E-state index in [4.69, 9.17) is 0 Å². The molecule has 1 aromatic heterocycles. The predicted molar refractivity (Wildman–Crippen MR) is 163 cm³/mol. The zero-order valence-electron chi connectivity index (χ0n) is 23.3. The Morgan fingerprint density at radius 3 is 2.53 bits per heavy atom. The van der Waals surface area contributed by atoms with Gasteiger partial charge in [0, 0.05) is 43.3 Å². The predicted octanol–water partition coefficient (Wildman–Crippen LogP) is 2.19. The summed E-state index contributed by atoms with van der Waals surface area (Å²) < 4.78 is 29.9. The molecule has 224 valence electrons. The molecule has 1 aliphatic heterocycles. The van der Waals surface area contributed by atoms with Gasteiger partial charge in [-0.1, -0.05) is 42.5 Å². The number of carboxylic acid groups (broad SMARTS) is 1. The zero-order valence-corrected chi connectivity index (χ0v) is 24.1. The summed E-state index contributed by atoms with van der Waals surface area (Å²) in [5.41, 5.74) is 2.91. The maximum atomic E-state index is 12.9. The number of carbonyl (C=O) groups excluding carboxylic acids is 1. The van der Waals surface area contributed by atoms with E-state index in [9.17, 15) is 23.1 Å². The topological polar surface area (TPSA) is 167 Å². The Balaban J connectivity index is 1.16. The van der Waals surface area contributed by atoms with E-state index >= 15 is 0 Å². The standard InChI is InChI=1S/C30H33N7O5S/c38-28(23-10-13-27-24(18-23)19-35-37(27)17-5-16-33-30-31-14-4-15-32-30)34-20-26(29(39)40)36-43(41,42)25-11-8-22(9-12-25)21-6-2-1-3-7-21/h1-3,6-14,18-19,26,30,32-33,36H,4-5,15-17,20H2,(H,34,38)(H,39,40). The Morgan fingerprint density at radius 2 is 1.81 bits per heavy atom. The summed E-state index contributed by atoms with van der Waals surface area (Å²) >= 11 is 0. The number of sulfonamides is 1. The highest BCUT2D eigenvalue weighted by molar-refractivity contribution is 7.89. The zero-order chi connectivity index (χ0) is 30.2. The summed E-state index contributed by atoms with van der Waals surface area (Å²) in [7, 11) is -4.17.